The second-order valence-corrected chi connectivity index (χ2v) is 4.35. The van der Waals surface area contributed by atoms with Gasteiger partial charge in [-0.1, -0.05) is 19.9 Å². The van der Waals surface area contributed by atoms with Gasteiger partial charge in [-0.05, 0) is 18.2 Å². The third kappa shape index (κ3) is 4.37. The summed E-state index contributed by atoms with van der Waals surface area (Å²) in [5.74, 6) is -0.0992. The number of anilines is 1. The van der Waals surface area contributed by atoms with E-state index in [0.29, 0.717) is 5.56 Å². The first-order chi connectivity index (χ1) is 9.67. The molecule has 0 radical (unpaired) electrons. The van der Waals surface area contributed by atoms with Gasteiger partial charge in [-0.3, -0.25) is 4.84 Å². The number of benzene rings is 1. The molecule has 0 unspecified atom stereocenters. The summed E-state index contributed by atoms with van der Waals surface area (Å²) >= 11 is 5.50. The summed E-state index contributed by atoms with van der Waals surface area (Å²) < 4.78 is 5.01. The van der Waals surface area contributed by atoms with E-state index in [-0.39, 0.29) is 18.5 Å². The van der Waals surface area contributed by atoms with E-state index in [4.69, 9.17) is 21.2 Å². The van der Waals surface area contributed by atoms with Crippen molar-refractivity contribution >= 4 is 23.3 Å². The minimum atomic E-state index is -0.386. The zero-order chi connectivity index (χ0) is 15.0. The van der Waals surface area contributed by atoms with Crippen molar-refractivity contribution in [2.75, 3.05) is 37.9 Å². The molecule has 0 amide bonds. The van der Waals surface area contributed by atoms with E-state index in [1.165, 1.54) is 0 Å². The van der Waals surface area contributed by atoms with Crippen molar-refractivity contribution in [2.24, 2.45) is 0 Å². The fourth-order valence-corrected chi connectivity index (χ4v) is 1.91. The number of nitrogens with zero attached hydrogens (tertiary/aromatic N) is 2. The van der Waals surface area contributed by atoms with Crippen LogP contribution in [0.1, 0.15) is 24.2 Å². The molecule has 0 aromatic heterocycles. The summed E-state index contributed by atoms with van der Waals surface area (Å²) in [6.45, 7) is 5.87. The van der Waals surface area contributed by atoms with Crippen LogP contribution in [-0.2, 0) is 9.57 Å². The van der Waals surface area contributed by atoms with Crippen LogP contribution in [0.15, 0.2) is 24.3 Å². The van der Waals surface area contributed by atoms with Gasteiger partial charge in [-0.15, -0.1) is 11.6 Å². The number of carbonyl (C=O) groups is 1. The number of halogens is 1. The maximum atomic E-state index is 11.8. The van der Waals surface area contributed by atoms with Gasteiger partial charge in [0.2, 0.25) is 0 Å². The molecular weight excluding hydrogens is 280 g/mol. The largest absolute Gasteiger partial charge is 0.461 e. The highest BCUT2D eigenvalue weighted by molar-refractivity contribution is 6.18. The van der Waals surface area contributed by atoms with Crippen LogP contribution in [0.25, 0.3) is 0 Å². The van der Waals surface area contributed by atoms with Crippen molar-refractivity contribution in [3.8, 4) is 0 Å². The number of carbonyl (C=O) groups excluding carboxylic acids is 1. The maximum absolute atomic E-state index is 11.8. The lowest BCUT2D eigenvalue weighted by molar-refractivity contribution is 0.0310. The van der Waals surface area contributed by atoms with Crippen LogP contribution in [0.4, 0.5) is 5.69 Å². The van der Waals surface area contributed by atoms with Crippen molar-refractivity contribution in [1.82, 2.24) is 5.01 Å². The lowest BCUT2D eigenvalue weighted by atomic mass is 10.2. The van der Waals surface area contributed by atoms with Gasteiger partial charge in [0.15, 0.2) is 0 Å². The van der Waals surface area contributed by atoms with Gasteiger partial charge in [-0.2, -0.15) is 10.2 Å². The zero-order valence-corrected chi connectivity index (χ0v) is 12.9. The van der Waals surface area contributed by atoms with E-state index >= 15 is 0 Å². The van der Waals surface area contributed by atoms with Crippen molar-refractivity contribution in [3.63, 3.8) is 0 Å². The number of ether oxygens (including phenoxy) is 1. The summed E-state index contributed by atoms with van der Waals surface area (Å²) in [4.78, 5) is 17.2. The second-order valence-electron chi connectivity index (χ2n) is 3.97. The predicted molar refractivity (Wildman–Crippen MR) is 79.9 cm³/mol. The Labute approximate surface area is 124 Å². The molecule has 1 rings (SSSR count). The van der Waals surface area contributed by atoms with Gasteiger partial charge in [-0.25, -0.2) is 4.79 Å². The van der Waals surface area contributed by atoms with Gasteiger partial charge >= 0.3 is 5.97 Å². The molecule has 6 heteroatoms. The monoisotopic (exact) mass is 300 g/mol. The molecule has 0 aliphatic carbocycles. The first-order valence-electron chi connectivity index (χ1n) is 6.60. The van der Waals surface area contributed by atoms with E-state index < -0.39 is 0 Å². The Morgan fingerprint density at radius 2 is 2.00 bits per heavy atom. The minimum absolute atomic E-state index is 0.203. The van der Waals surface area contributed by atoms with E-state index in [2.05, 4.69) is 0 Å². The zero-order valence-electron chi connectivity index (χ0n) is 12.1. The van der Waals surface area contributed by atoms with E-state index in [1.54, 1.807) is 30.5 Å². The molecule has 20 heavy (non-hydrogen) atoms. The Bertz CT molecular complexity index is 425. The predicted octanol–water partition coefficient (Wildman–Crippen LogP) is 2.71. The molecule has 5 nitrogen and oxygen atoms in total. The molecule has 0 atom stereocenters. The van der Waals surface area contributed by atoms with Gasteiger partial charge in [0, 0.05) is 13.1 Å². The molecule has 0 N–H and O–H groups in total. The van der Waals surface area contributed by atoms with Crippen LogP contribution in [0, 0.1) is 0 Å². The summed E-state index contributed by atoms with van der Waals surface area (Å²) in [6, 6.07) is 7.11. The Kier molecular flexibility index (Phi) is 7.36. The van der Waals surface area contributed by atoms with E-state index in [0.717, 1.165) is 18.8 Å². The number of hydrogen-bond acceptors (Lipinski definition) is 5. The minimum Gasteiger partial charge on any atom is -0.461 e. The smallest absolute Gasteiger partial charge is 0.338 e. The Balaban J connectivity index is 2.92. The fraction of sp³-hybridized carbons (Fsp3) is 0.500. The van der Waals surface area contributed by atoms with Crippen molar-refractivity contribution in [2.45, 2.75) is 13.8 Å². The first-order valence-corrected chi connectivity index (χ1v) is 7.13. The Morgan fingerprint density at radius 3 is 2.55 bits per heavy atom. The number of hydrazine groups is 1. The summed E-state index contributed by atoms with van der Waals surface area (Å²) in [6.07, 6.45) is 0. The van der Waals surface area contributed by atoms with Gasteiger partial charge < -0.3 is 4.74 Å². The van der Waals surface area contributed by atoms with E-state index in [9.17, 15) is 4.79 Å². The second kappa shape index (κ2) is 8.79. The topological polar surface area (TPSA) is 42.0 Å². The molecule has 0 heterocycles. The third-order valence-corrected chi connectivity index (χ3v) is 2.93. The van der Waals surface area contributed by atoms with Crippen LogP contribution in [0.3, 0.4) is 0 Å². The molecule has 0 fully saturated rings. The van der Waals surface area contributed by atoms with Gasteiger partial charge in [0.25, 0.3) is 0 Å². The van der Waals surface area contributed by atoms with Crippen LogP contribution in [-0.4, -0.2) is 43.7 Å². The molecule has 1 aromatic rings. The molecule has 0 bridgehead atoms. The summed E-state index contributed by atoms with van der Waals surface area (Å²) in [5, 5.41) is 3.67. The lowest BCUT2D eigenvalue weighted by Gasteiger charge is -2.32. The van der Waals surface area contributed by atoms with Crippen LogP contribution < -0.4 is 5.17 Å². The normalized spacial score (nSPS) is 10.7. The molecule has 112 valence electrons. The lowest BCUT2D eigenvalue weighted by Crippen LogP contribution is -2.41. The van der Waals surface area contributed by atoms with Crippen molar-refractivity contribution in [1.29, 1.82) is 0 Å². The third-order valence-electron chi connectivity index (χ3n) is 2.77. The highest BCUT2D eigenvalue weighted by Crippen LogP contribution is 2.19. The van der Waals surface area contributed by atoms with Crippen LogP contribution in [0.2, 0.25) is 0 Å². The quantitative estimate of drug-likeness (QED) is 0.419. The Hall–Kier alpha value is -1.30. The molecule has 0 spiro atoms. The summed E-state index contributed by atoms with van der Waals surface area (Å²) in [7, 11) is 1.59. The number of hydrogen-bond donors (Lipinski definition) is 0. The maximum Gasteiger partial charge on any atom is 0.338 e. The molecule has 0 saturated heterocycles. The average molecular weight is 301 g/mol. The van der Waals surface area contributed by atoms with Crippen LogP contribution >= 0.6 is 11.6 Å². The van der Waals surface area contributed by atoms with Crippen molar-refractivity contribution in [3.05, 3.63) is 29.8 Å². The first kappa shape index (κ1) is 16.8. The van der Waals surface area contributed by atoms with E-state index in [1.807, 2.05) is 24.9 Å². The summed E-state index contributed by atoms with van der Waals surface area (Å²) in [5.41, 5.74) is 1.25. The standard InChI is InChI=1S/C14H21ClN2O3/c1-4-16(5-2)17(19-3)13-8-6-7-12(11-13)14(18)20-10-9-15/h6-8,11H,4-5,9-10H2,1-3H3. The average Bonchev–Trinajstić information content (AvgIpc) is 2.50. The highest BCUT2D eigenvalue weighted by Gasteiger charge is 2.15. The van der Waals surface area contributed by atoms with Gasteiger partial charge in [0.1, 0.15) is 6.61 Å². The van der Waals surface area contributed by atoms with Crippen LogP contribution in [0.5, 0.6) is 0 Å². The molecule has 0 aliphatic rings. The fourth-order valence-electron chi connectivity index (χ4n) is 1.83. The highest BCUT2D eigenvalue weighted by atomic mass is 35.5. The number of alkyl halides is 1. The molecule has 0 saturated carbocycles. The number of rotatable bonds is 8. The SMILES string of the molecule is CCN(CC)N(OC)c1cccc(C(=O)OCCCl)c1. The Morgan fingerprint density at radius 1 is 1.30 bits per heavy atom. The number of esters is 1. The van der Waals surface area contributed by atoms with Crippen molar-refractivity contribution < 1.29 is 14.4 Å². The molecule has 0 aliphatic heterocycles. The van der Waals surface area contributed by atoms with Gasteiger partial charge in [0.05, 0.1) is 24.2 Å². The molecular formula is C14H21ClN2O3. The molecule has 1 aromatic carbocycles.